The van der Waals surface area contributed by atoms with Gasteiger partial charge in [-0.15, -0.1) is 0 Å². The number of halogens is 1. The van der Waals surface area contributed by atoms with Crippen LogP contribution in [0.2, 0.25) is 0 Å². The molecule has 0 saturated carbocycles. The van der Waals surface area contributed by atoms with E-state index in [-0.39, 0.29) is 5.82 Å². The van der Waals surface area contributed by atoms with Crippen molar-refractivity contribution in [3.05, 3.63) is 42.0 Å². The van der Waals surface area contributed by atoms with Gasteiger partial charge in [0.25, 0.3) is 0 Å². The number of hydrogen-bond donors (Lipinski definition) is 1. The molecular formula is C15H15FN2O3. The van der Waals surface area contributed by atoms with Gasteiger partial charge in [-0.3, -0.25) is 9.69 Å². The Morgan fingerprint density at radius 1 is 1.43 bits per heavy atom. The number of rotatable bonds is 4. The highest BCUT2D eigenvalue weighted by Crippen LogP contribution is 2.23. The molecular weight excluding hydrogens is 275 g/mol. The van der Waals surface area contributed by atoms with Gasteiger partial charge in [0.05, 0.1) is 5.69 Å². The largest absolute Gasteiger partial charge is 0.480 e. The van der Waals surface area contributed by atoms with Crippen LogP contribution >= 0.6 is 0 Å². The van der Waals surface area contributed by atoms with E-state index in [0.717, 1.165) is 13.0 Å². The number of carbonyl (C=O) groups is 1. The topological polar surface area (TPSA) is 66.6 Å². The Labute approximate surface area is 121 Å². The third-order valence-corrected chi connectivity index (χ3v) is 3.66. The molecule has 5 nitrogen and oxygen atoms in total. The van der Waals surface area contributed by atoms with Gasteiger partial charge in [0.15, 0.2) is 0 Å². The van der Waals surface area contributed by atoms with Gasteiger partial charge in [-0.2, -0.15) is 0 Å². The van der Waals surface area contributed by atoms with E-state index < -0.39 is 12.0 Å². The lowest BCUT2D eigenvalue weighted by molar-refractivity contribution is -0.142. The van der Waals surface area contributed by atoms with E-state index in [9.17, 15) is 9.18 Å². The molecule has 0 radical (unpaired) electrons. The summed E-state index contributed by atoms with van der Waals surface area (Å²) in [5, 5.41) is 9.15. The fourth-order valence-corrected chi connectivity index (χ4v) is 2.61. The molecule has 2 aromatic rings. The third-order valence-electron chi connectivity index (χ3n) is 3.66. The molecule has 0 amide bonds. The lowest BCUT2D eigenvalue weighted by Gasteiger charge is -2.19. The molecule has 1 aliphatic rings. The Morgan fingerprint density at radius 2 is 2.19 bits per heavy atom. The first-order valence-corrected chi connectivity index (χ1v) is 6.80. The average molecular weight is 290 g/mol. The average Bonchev–Trinajstić information content (AvgIpc) is 3.09. The number of nitrogens with zero attached hydrogens (tertiary/aromatic N) is 2. The number of carboxylic acids is 1. The summed E-state index contributed by atoms with van der Waals surface area (Å²) in [4.78, 5) is 17.4. The van der Waals surface area contributed by atoms with Gasteiger partial charge in [0.1, 0.15) is 18.1 Å². The zero-order valence-electron chi connectivity index (χ0n) is 11.3. The highest BCUT2D eigenvalue weighted by molar-refractivity contribution is 5.73. The minimum atomic E-state index is -0.797. The van der Waals surface area contributed by atoms with Crippen molar-refractivity contribution in [1.82, 2.24) is 9.88 Å². The summed E-state index contributed by atoms with van der Waals surface area (Å²) in [5.41, 5.74) is 1.38. The van der Waals surface area contributed by atoms with Crippen molar-refractivity contribution >= 4 is 5.97 Å². The van der Waals surface area contributed by atoms with E-state index in [2.05, 4.69) is 4.98 Å². The number of aliphatic carboxylic acids is 1. The number of oxazole rings is 1. The molecule has 1 N–H and O–H groups in total. The standard InChI is InChI=1S/C15H15FN2O3/c16-11-5-3-10(4-6-11)14-17-12(9-21-14)8-18-7-1-2-13(18)15(19)20/h3-6,9,13H,1-2,7-8H2,(H,19,20)/t13-/m1/s1. The minimum absolute atomic E-state index is 0.313. The van der Waals surface area contributed by atoms with Gasteiger partial charge >= 0.3 is 5.97 Å². The molecule has 2 heterocycles. The molecule has 6 heteroatoms. The van der Waals surface area contributed by atoms with E-state index in [4.69, 9.17) is 9.52 Å². The van der Waals surface area contributed by atoms with Crippen LogP contribution in [0.25, 0.3) is 11.5 Å². The first-order chi connectivity index (χ1) is 10.1. The second-order valence-electron chi connectivity index (χ2n) is 5.12. The molecule has 1 saturated heterocycles. The lowest BCUT2D eigenvalue weighted by atomic mass is 10.2. The fraction of sp³-hybridized carbons (Fsp3) is 0.333. The molecule has 0 unspecified atom stereocenters. The smallest absolute Gasteiger partial charge is 0.320 e. The van der Waals surface area contributed by atoms with Crippen molar-refractivity contribution in [3.8, 4) is 11.5 Å². The molecule has 3 rings (SSSR count). The van der Waals surface area contributed by atoms with Crippen LogP contribution in [-0.4, -0.2) is 33.5 Å². The Hall–Kier alpha value is -2.21. The SMILES string of the molecule is O=C(O)[C@H]1CCCN1Cc1coc(-c2ccc(F)cc2)n1. The van der Waals surface area contributed by atoms with Crippen molar-refractivity contribution in [2.45, 2.75) is 25.4 Å². The Bertz CT molecular complexity index is 639. The van der Waals surface area contributed by atoms with Gasteiger partial charge in [-0.1, -0.05) is 0 Å². The number of likely N-dealkylation sites (tertiary alicyclic amines) is 1. The maximum atomic E-state index is 12.9. The Kier molecular flexibility index (Phi) is 3.70. The van der Waals surface area contributed by atoms with Crippen LogP contribution in [0.4, 0.5) is 4.39 Å². The molecule has 21 heavy (non-hydrogen) atoms. The molecule has 1 fully saturated rings. The molecule has 1 aromatic carbocycles. The monoisotopic (exact) mass is 290 g/mol. The van der Waals surface area contributed by atoms with Gasteiger partial charge in [0.2, 0.25) is 5.89 Å². The van der Waals surface area contributed by atoms with Crippen molar-refractivity contribution in [2.24, 2.45) is 0 Å². The second-order valence-corrected chi connectivity index (χ2v) is 5.12. The van der Waals surface area contributed by atoms with Crippen molar-refractivity contribution in [1.29, 1.82) is 0 Å². The maximum absolute atomic E-state index is 12.9. The Morgan fingerprint density at radius 3 is 2.90 bits per heavy atom. The van der Waals surface area contributed by atoms with E-state index >= 15 is 0 Å². The van der Waals surface area contributed by atoms with Crippen LogP contribution in [0.15, 0.2) is 34.9 Å². The summed E-state index contributed by atoms with van der Waals surface area (Å²) in [7, 11) is 0. The molecule has 0 bridgehead atoms. The van der Waals surface area contributed by atoms with E-state index in [0.29, 0.717) is 30.1 Å². The molecule has 1 aliphatic heterocycles. The van der Waals surface area contributed by atoms with Gasteiger partial charge in [-0.05, 0) is 43.7 Å². The number of benzene rings is 1. The maximum Gasteiger partial charge on any atom is 0.320 e. The fourth-order valence-electron chi connectivity index (χ4n) is 2.61. The molecule has 0 aliphatic carbocycles. The van der Waals surface area contributed by atoms with Gasteiger partial charge in [-0.25, -0.2) is 9.37 Å². The first kappa shape index (κ1) is 13.8. The van der Waals surface area contributed by atoms with Crippen molar-refractivity contribution in [2.75, 3.05) is 6.54 Å². The summed E-state index contributed by atoms with van der Waals surface area (Å²) in [6.45, 7) is 1.19. The summed E-state index contributed by atoms with van der Waals surface area (Å²) in [6.07, 6.45) is 3.06. The zero-order valence-corrected chi connectivity index (χ0v) is 11.3. The number of hydrogen-bond acceptors (Lipinski definition) is 4. The van der Waals surface area contributed by atoms with Crippen molar-refractivity contribution < 1.29 is 18.7 Å². The Balaban J connectivity index is 1.73. The second kappa shape index (κ2) is 5.65. The van der Waals surface area contributed by atoms with E-state index in [1.165, 1.54) is 18.4 Å². The minimum Gasteiger partial charge on any atom is -0.480 e. The van der Waals surface area contributed by atoms with Crippen LogP contribution in [0.1, 0.15) is 18.5 Å². The lowest BCUT2D eigenvalue weighted by Crippen LogP contribution is -2.35. The quantitative estimate of drug-likeness (QED) is 0.937. The van der Waals surface area contributed by atoms with Gasteiger partial charge < -0.3 is 9.52 Å². The first-order valence-electron chi connectivity index (χ1n) is 6.80. The van der Waals surface area contributed by atoms with Crippen LogP contribution in [0.5, 0.6) is 0 Å². The van der Waals surface area contributed by atoms with Gasteiger partial charge in [0, 0.05) is 12.1 Å². The zero-order chi connectivity index (χ0) is 14.8. The molecule has 1 atom stereocenters. The van der Waals surface area contributed by atoms with E-state index in [1.54, 1.807) is 12.1 Å². The molecule has 0 spiro atoms. The number of aromatic nitrogens is 1. The molecule has 1 aromatic heterocycles. The summed E-state index contributed by atoms with van der Waals surface area (Å²) in [5.74, 6) is -0.697. The normalized spacial score (nSPS) is 19.0. The highest BCUT2D eigenvalue weighted by atomic mass is 19.1. The van der Waals surface area contributed by atoms with Crippen LogP contribution < -0.4 is 0 Å². The summed E-state index contributed by atoms with van der Waals surface area (Å²) >= 11 is 0. The van der Waals surface area contributed by atoms with Crippen LogP contribution in [0.3, 0.4) is 0 Å². The molecule has 110 valence electrons. The third kappa shape index (κ3) is 2.95. The highest BCUT2D eigenvalue weighted by Gasteiger charge is 2.30. The predicted octanol–water partition coefficient (Wildman–Crippen LogP) is 2.53. The van der Waals surface area contributed by atoms with Crippen LogP contribution in [-0.2, 0) is 11.3 Å². The van der Waals surface area contributed by atoms with Crippen molar-refractivity contribution in [3.63, 3.8) is 0 Å². The van der Waals surface area contributed by atoms with Crippen LogP contribution in [0, 0.1) is 5.82 Å². The predicted molar refractivity (Wildman–Crippen MR) is 73.0 cm³/mol. The summed E-state index contributed by atoms with van der Waals surface area (Å²) < 4.78 is 18.3. The summed E-state index contributed by atoms with van der Waals surface area (Å²) in [6, 6.07) is 5.44. The van der Waals surface area contributed by atoms with E-state index in [1.807, 2.05) is 4.90 Å². The number of carboxylic acid groups (broad SMARTS) is 1.